The Balaban J connectivity index is 2.49. The van der Waals surface area contributed by atoms with E-state index in [0.717, 1.165) is 6.42 Å². The minimum atomic E-state index is 1.08. The fourth-order valence-electron chi connectivity index (χ4n) is 1.33. The molecule has 0 aliphatic rings. The molecule has 0 saturated heterocycles. The molecule has 1 aromatic carbocycles. The predicted molar refractivity (Wildman–Crippen MR) is 58.9 cm³/mol. The molecule has 13 heavy (non-hydrogen) atoms. The van der Waals surface area contributed by atoms with Crippen LogP contribution >= 0.6 is 0 Å². The molecular formula is C13H18. The molecule has 0 amide bonds. The van der Waals surface area contributed by atoms with Crippen molar-refractivity contribution < 1.29 is 0 Å². The van der Waals surface area contributed by atoms with Crippen molar-refractivity contribution in [2.75, 3.05) is 0 Å². The van der Waals surface area contributed by atoms with Gasteiger partial charge in [-0.15, -0.1) is 0 Å². The Morgan fingerprint density at radius 3 is 2.62 bits per heavy atom. The number of unbranched alkanes of at least 4 members (excludes halogenated alkanes) is 1. The number of allylic oxidation sites excluding steroid dienone is 2. The van der Waals surface area contributed by atoms with E-state index >= 15 is 0 Å². The van der Waals surface area contributed by atoms with Crippen molar-refractivity contribution in [2.45, 2.75) is 33.1 Å². The summed E-state index contributed by atoms with van der Waals surface area (Å²) in [6.45, 7) is 4.38. The van der Waals surface area contributed by atoms with Crippen LogP contribution in [0.25, 0.3) is 0 Å². The van der Waals surface area contributed by atoms with Crippen molar-refractivity contribution in [1.29, 1.82) is 0 Å². The van der Waals surface area contributed by atoms with Gasteiger partial charge in [0, 0.05) is 0 Å². The molecule has 0 N–H and O–H groups in total. The van der Waals surface area contributed by atoms with Gasteiger partial charge in [0.15, 0.2) is 0 Å². The van der Waals surface area contributed by atoms with Gasteiger partial charge in [0.1, 0.15) is 0 Å². The number of hydrogen-bond acceptors (Lipinski definition) is 0. The molecule has 0 nitrogen and oxygen atoms in total. The monoisotopic (exact) mass is 174 g/mol. The standard InChI is InChI=1S/C13H18/c1-3-4-5-6-10-13-11-8-7-9-12(13)2/h5-9,11H,3-4,10H2,1-2H3/b6-5-. The van der Waals surface area contributed by atoms with E-state index in [-0.39, 0.29) is 0 Å². The van der Waals surface area contributed by atoms with E-state index in [4.69, 9.17) is 0 Å². The first-order valence-corrected chi connectivity index (χ1v) is 5.04. The molecule has 0 bridgehead atoms. The highest BCUT2D eigenvalue weighted by atomic mass is 14.0. The van der Waals surface area contributed by atoms with Crippen LogP contribution < -0.4 is 0 Å². The van der Waals surface area contributed by atoms with Crippen LogP contribution in [-0.4, -0.2) is 0 Å². The number of rotatable bonds is 4. The highest BCUT2D eigenvalue weighted by Gasteiger charge is 1.92. The Kier molecular flexibility index (Phi) is 4.31. The molecule has 0 radical (unpaired) electrons. The predicted octanol–water partition coefficient (Wildman–Crippen LogP) is 3.89. The van der Waals surface area contributed by atoms with Gasteiger partial charge >= 0.3 is 0 Å². The Labute approximate surface area is 81.3 Å². The van der Waals surface area contributed by atoms with Gasteiger partial charge < -0.3 is 0 Å². The second-order valence-corrected chi connectivity index (χ2v) is 3.39. The van der Waals surface area contributed by atoms with E-state index in [1.54, 1.807) is 0 Å². The van der Waals surface area contributed by atoms with Gasteiger partial charge in [-0.05, 0) is 30.9 Å². The highest BCUT2D eigenvalue weighted by Crippen LogP contribution is 2.08. The summed E-state index contributed by atoms with van der Waals surface area (Å²) in [5.74, 6) is 0. The fraction of sp³-hybridized carbons (Fsp3) is 0.385. The van der Waals surface area contributed by atoms with Gasteiger partial charge in [0.2, 0.25) is 0 Å². The Hall–Kier alpha value is -1.04. The normalized spacial score (nSPS) is 10.9. The van der Waals surface area contributed by atoms with Crippen LogP contribution in [0.1, 0.15) is 30.9 Å². The SMILES string of the molecule is CCC/C=C\Cc1ccccc1C. The first-order chi connectivity index (χ1) is 6.34. The van der Waals surface area contributed by atoms with E-state index in [2.05, 4.69) is 50.3 Å². The van der Waals surface area contributed by atoms with Crippen LogP contribution in [0.4, 0.5) is 0 Å². The Bertz CT molecular complexity index is 271. The molecule has 0 aliphatic heterocycles. The molecule has 0 aromatic heterocycles. The average Bonchev–Trinajstić information content (AvgIpc) is 2.15. The van der Waals surface area contributed by atoms with E-state index in [1.165, 1.54) is 24.0 Å². The van der Waals surface area contributed by atoms with Crippen molar-refractivity contribution >= 4 is 0 Å². The molecule has 1 rings (SSSR count). The lowest BCUT2D eigenvalue weighted by atomic mass is 10.1. The topological polar surface area (TPSA) is 0 Å². The van der Waals surface area contributed by atoms with E-state index < -0.39 is 0 Å². The molecule has 0 aliphatic carbocycles. The highest BCUT2D eigenvalue weighted by molar-refractivity contribution is 5.27. The lowest BCUT2D eigenvalue weighted by molar-refractivity contribution is 0.953. The van der Waals surface area contributed by atoms with Crippen LogP contribution in [0.5, 0.6) is 0 Å². The largest absolute Gasteiger partial charge is 0.0882 e. The lowest BCUT2D eigenvalue weighted by Gasteiger charge is -2.00. The molecule has 0 unspecified atom stereocenters. The molecule has 0 heterocycles. The summed E-state index contributed by atoms with van der Waals surface area (Å²) in [5.41, 5.74) is 2.83. The summed E-state index contributed by atoms with van der Waals surface area (Å²) in [6, 6.07) is 8.57. The minimum absolute atomic E-state index is 1.08. The molecule has 1 aromatic rings. The van der Waals surface area contributed by atoms with Crippen molar-refractivity contribution in [1.82, 2.24) is 0 Å². The minimum Gasteiger partial charge on any atom is -0.0882 e. The van der Waals surface area contributed by atoms with Crippen LogP contribution in [-0.2, 0) is 6.42 Å². The smallest absolute Gasteiger partial charge is 0.00948 e. The van der Waals surface area contributed by atoms with Crippen molar-refractivity contribution in [2.24, 2.45) is 0 Å². The van der Waals surface area contributed by atoms with Crippen LogP contribution in [0, 0.1) is 6.92 Å². The van der Waals surface area contributed by atoms with Gasteiger partial charge in [-0.1, -0.05) is 49.8 Å². The number of benzene rings is 1. The van der Waals surface area contributed by atoms with Crippen LogP contribution in [0.2, 0.25) is 0 Å². The molecule has 0 heteroatoms. The van der Waals surface area contributed by atoms with Gasteiger partial charge in [-0.2, -0.15) is 0 Å². The Morgan fingerprint density at radius 1 is 1.15 bits per heavy atom. The van der Waals surface area contributed by atoms with Crippen molar-refractivity contribution in [3.05, 3.63) is 47.5 Å². The summed E-state index contributed by atoms with van der Waals surface area (Å²) < 4.78 is 0. The third-order valence-corrected chi connectivity index (χ3v) is 2.22. The van der Waals surface area contributed by atoms with E-state index in [9.17, 15) is 0 Å². The van der Waals surface area contributed by atoms with Gasteiger partial charge in [0.05, 0.1) is 0 Å². The summed E-state index contributed by atoms with van der Waals surface area (Å²) in [6.07, 6.45) is 8.06. The summed E-state index contributed by atoms with van der Waals surface area (Å²) in [4.78, 5) is 0. The van der Waals surface area contributed by atoms with Crippen molar-refractivity contribution in [3.63, 3.8) is 0 Å². The zero-order chi connectivity index (χ0) is 9.52. The molecule has 0 spiro atoms. The summed E-state index contributed by atoms with van der Waals surface area (Å²) in [7, 11) is 0. The van der Waals surface area contributed by atoms with Gasteiger partial charge in [-0.3, -0.25) is 0 Å². The first kappa shape index (κ1) is 10.0. The van der Waals surface area contributed by atoms with Crippen LogP contribution in [0.15, 0.2) is 36.4 Å². The zero-order valence-corrected chi connectivity index (χ0v) is 8.59. The third-order valence-electron chi connectivity index (χ3n) is 2.22. The van der Waals surface area contributed by atoms with E-state index in [0.29, 0.717) is 0 Å². The Morgan fingerprint density at radius 2 is 1.92 bits per heavy atom. The molecular weight excluding hydrogens is 156 g/mol. The maximum Gasteiger partial charge on any atom is -0.00948 e. The maximum absolute atomic E-state index is 2.27. The van der Waals surface area contributed by atoms with E-state index in [1.807, 2.05) is 0 Å². The van der Waals surface area contributed by atoms with Crippen LogP contribution in [0.3, 0.4) is 0 Å². The quantitative estimate of drug-likeness (QED) is 0.607. The third kappa shape index (κ3) is 3.45. The fourth-order valence-corrected chi connectivity index (χ4v) is 1.33. The van der Waals surface area contributed by atoms with Gasteiger partial charge in [-0.25, -0.2) is 0 Å². The molecule has 0 saturated carbocycles. The summed E-state index contributed by atoms with van der Waals surface area (Å²) >= 11 is 0. The second kappa shape index (κ2) is 5.58. The lowest BCUT2D eigenvalue weighted by Crippen LogP contribution is -1.84. The zero-order valence-electron chi connectivity index (χ0n) is 8.59. The first-order valence-electron chi connectivity index (χ1n) is 5.04. The maximum atomic E-state index is 2.27. The summed E-state index contributed by atoms with van der Waals surface area (Å²) in [5, 5.41) is 0. The van der Waals surface area contributed by atoms with Crippen molar-refractivity contribution in [3.8, 4) is 0 Å². The number of hydrogen-bond donors (Lipinski definition) is 0. The van der Waals surface area contributed by atoms with Gasteiger partial charge in [0.25, 0.3) is 0 Å². The molecule has 0 fully saturated rings. The molecule has 0 atom stereocenters. The molecule has 70 valence electrons. The average molecular weight is 174 g/mol. The second-order valence-electron chi connectivity index (χ2n) is 3.39. The number of aryl methyl sites for hydroxylation is 1.